The molecule has 17 heteroatoms. The number of methoxy groups -OCH3 is 8. The van der Waals surface area contributed by atoms with E-state index >= 15 is 4.79 Å². The van der Waals surface area contributed by atoms with Crippen LogP contribution in [0.3, 0.4) is 0 Å². The van der Waals surface area contributed by atoms with Crippen LogP contribution in [0.25, 0.3) is 33.4 Å². The van der Waals surface area contributed by atoms with Crippen molar-refractivity contribution in [3.05, 3.63) is 363 Å². The SMILES string of the molecule is COc1ccc(N(c2ccc(OC)cc2)c2ccc3c(c2)Sc2cc(N(c4ccc(OC)cc4)c4ccc(OC)cc4)ccc2N3c2ccc(-c3ccc4c(c3)C(=O)c3cc(-c5ccc(N6c7ccc(N(c8ccc(OC)cc8)c8ccc(OC)cc8)cc7Sc7cc(N(c8ccc(OC)cc8)c8ccc(OC)cc8)ccc76)cc5)ccc3-4)cc2)cc1. The number of ether oxygens (including phenoxy) is 8. The molecule has 0 saturated carbocycles. The molecule has 0 fully saturated rings. The summed E-state index contributed by atoms with van der Waals surface area (Å²) >= 11 is 3.48. The van der Waals surface area contributed by atoms with Gasteiger partial charge < -0.3 is 67.3 Å². The highest BCUT2D eigenvalue weighted by atomic mass is 32.2. The second-order valence-corrected chi connectivity index (χ2v) is 31.5. The summed E-state index contributed by atoms with van der Waals surface area (Å²) in [7, 11) is 13.5. The Kier molecular flexibility index (Phi) is 20.9. The highest BCUT2D eigenvalue weighted by Gasteiger charge is 2.33. The molecule has 0 saturated heterocycles. The molecular weight excluding hydrogens is 1550 g/mol. The Bertz CT molecular complexity index is 5680. The van der Waals surface area contributed by atoms with Gasteiger partial charge in [0.25, 0.3) is 0 Å². The summed E-state index contributed by atoms with van der Waals surface area (Å²) in [6.07, 6.45) is 0. The maximum absolute atomic E-state index is 15.1. The first-order valence-electron chi connectivity index (χ1n) is 39.8. The summed E-state index contributed by atoms with van der Waals surface area (Å²) in [5, 5.41) is 0. The van der Waals surface area contributed by atoms with Gasteiger partial charge in [-0.05, 0) is 337 Å². The molecular formula is C105H82N6O9S2. The zero-order valence-electron chi connectivity index (χ0n) is 68.2. The van der Waals surface area contributed by atoms with E-state index in [9.17, 15) is 0 Å². The number of ketones is 1. The van der Waals surface area contributed by atoms with E-state index in [1.54, 1.807) is 80.4 Å². The Labute approximate surface area is 717 Å². The molecule has 16 aromatic rings. The van der Waals surface area contributed by atoms with Crippen molar-refractivity contribution in [2.24, 2.45) is 0 Å². The van der Waals surface area contributed by atoms with Crippen LogP contribution in [0.5, 0.6) is 46.0 Å². The second kappa shape index (κ2) is 33.1. The van der Waals surface area contributed by atoms with Crippen molar-refractivity contribution in [1.29, 1.82) is 0 Å². The molecule has 3 aliphatic rings. The Morgan fingerprint density at radius 2 is 0.385 bits per heavy atom. The van der Waals surface area contributed by atoms with Crippen LogP contribution >= 0.6 is 23.5 Å². The van der Waals surface area contributed by atoms with Gasteiger partial charge in [0.05, 0.1) is 79.6 Å². The lowest BCUT2D eigenvalue weighted by atomic mass is 9.97. The van der Waals surface area contributed by atoms with Gasteiger partial charge >= 0.3 is 0 Å². The van der Waals surface area contributed by atoms with Crippen molar-refractivity contribution in [2.45, 2.75) is 19.6 Å². The highest BCUT2D eigenvalue weighted by molar-refractivity contribution is 8.00. The molecule has 0 aromatic heterocycles. The molecule has 0 spiro atoms. The van der Waals surface area contributed by atoms with Crippen molar-refractivity contribution in [3.63, 3.8) is 0 Å². The van der Waals surface area contributed by atoms with Gasteiger partial charge in [0.1, 0.15) is 46.0 Å². The van der Waals surface area contributed by atoms with E-state index in [1.165, 1.54) is 0 Å². The fraction of sp³-hybridized carbons (Fsp3) is 0.0762. The number of carbonyl (C=O) groups excluding carboxylic acids is 1. The van der Waals surface area contributed by atoms with Crippen molar-refractivity contribution in [2.75, 3.05) is 86.3 Å². The topological polar surface area (TPSA) is 110 Å². The molecule has 0 unspecified atom stereocenters. The quantitative estimate of drug-likeness (QED) is 0.0572. The van der Waals surface area contributed by atoms with Gasteiger partial charge in [-0.1, -0.05) is 72.1 Å². The molecule has 598 valence electrons. The summed E-state index contributed by atoms with van der Waals surface area (Å²) in [5.74, 6) is 6.13. The molecule has 0 N–H and O–H groups in total. The van der Waals surface area contributed by atoms with Crippen molar-refractivity contribution in [1.82, 2.24) is 0 Å². The van der Waals surface area contributed by atoms with E-state index in [-0.39, 0.29) is 5.78 Å². The van der Waals surface area contributed by atoms with Gasteiger partial charge in [0.15, 0.2) is 5.78 Å². The minimum Gasteiger partial charge on any atom is -0.497 e. The number of benzene rings is 16. The number of hydrogen-bond acceptors (Lipinski definition) is 17. The van der Waals surface area contributed by atoms with Gasteiger partial charge in [0, 0.05) is 110 Å². The van der Waals surface area contributed by atoms with Crippen LogP contribution in [0.2, 0.25) is 0 Å². The van der Waals surface area contributed by atoms with Crippen LogP contribution in [0, 0.1) is 0 Å². The van der Waals surface area contributed by atoms with Crippen LogP contribution in [0.4, 0.5) is 102 Å². The van der Waals surface area contributed by atoms with Gasteiger partial charge in [-0.25, -0.2) is 0 Å². The Morgan fingerprint density at radius 3 is 0.582 bits per heavy atom. The van der Waals surface area contributed by atoms with Crippen LogP contribution in [-0.2, 0) is 0 Å². The van der Waals surface area contributed by atoms with E-state index in [0.29, 0.717) is 11.1 Å². The third kappa shape index (κ3) is 14.6. The van der Waals surface area contributed by atoms with Gasteiger partial charge in [-0.15, -0.1) is 0 Å². The lowest BCUT2D eigenvalue weighted by Gasteiger charge is -2.35. The minimum absolute atomic E-state index is 0.00679. The Hall–Kier alpha value is -14.9. The first-order chi connectivity index (χ1) is 59.9. The van der Waals surface area contributed by atoms with Crippen molar-refractivity contribution >= 4 is 132 Å². The van der Waals surface area contributed by atoms with Crippen LogP contribution < -0.4 is 67.3 Å². The van der Waals surface area contributed by atoms with Gasteiger partial charge in [0.2, 0.25) is 0 Å². The van der Waals surface area contributed by atoms with Crippen LogP contribution in [0.15, 0.2) is 371 Å². The number of fused-ring (bicyclic) bond motifs is 7. The maximum Gasteiger partial charge on any atom is 0.194 e. The maximum atomic E-state index is 15.1. The fourth-order valence-electron chi connectivity index (χ4n) is 16.4. The van der Waals surface area contributed by atoms with E-state index in [0.717, 1.165) is 201 Å². The second-order valence-electron chi connectivity index (χ2n) is 29.4. The average molecular weight is 1640 g/mol. The lowest BCUT2D eigenvalue weighted by molar-refractivity contribution is 0.104. The van der Waals surface area contributed by atoms with Gasteiger partial charge in [-0.3, -0.25) is 4.79 Å². The summed E-state index contributed by atoms with van der Waals surface area (Å²) in [6.45, 7) is 0. The van der Waals surface area contributed by atoms with Crippen molar-refractivity contribution in [3.8, 4) is 79.4 Å². The molecule has 0 radical (unpaired) electrons. The number of nitrogens with zero attached hydrogens (tertiary/aromatic N) is 6. The summed E-state index contributed by atoms with van der Waals surface area (Å²) in [6, 6.07) is 122. The Morgan fingerprint density at radius 1 is 0.197 bits per heavy atom. The first-order valence-corrected chi connectivity index (χ1v) is 41.5. The molecule has 0 amide bonds. The summed E-state index contributed by atoms with van der Waals surface area (Å²) in [5.41, 5.74) is 24.7. The van der Waals surface area contributed by atoms with E-state index in [1.807, 2.05) is 97.1 Å². The molecule has 0 bridgehead atoms. The minimum atomic E-state index is -0.00679. The average Bonchev–Trinajstić information content (AvgIpc) is 1.42. The molecule has 122 heavy (non-hydrogen) atoms. The molecule has 19 rings (SSSR count). The molecule has 15 nitrogen and oxygen atoms in total. The third-order valence-corrected chi connectivity index (χ3v) is 24.8. The third-order valence-electron chi connectivity index (χ3n) is 22.6. The normalized spacial score (nSPS) is 12.0. The Balaban J connectivity index is 0.644. The van der Waals surface area contributed by atoms with E-state index < -0.39 is 0 Å². The largest absolute Gasteiger partial charge is 0.497 e. The molecule has 2 aliphatic heterocycles. The highest BCUT2D eigenvalue weighted by Crippen LogP contribution is 2.58. The predicted molar refractivity (Wildman–Crippen MR) is 495 cm³/mol. The smallest absolute Gasteiger partial charge is 0.194 e. The lowest BCUT2D eigenvalue weighted by Crippen LogP contribution is -2.17. The van der Waals surface area contributed by atoms with E-state index in [2.05, 4.69) is 284 Å². The standard InChI is InChI=1S/C105H82N6O9S2/c1-113-85-39-19-71(20-40-85)106(72-21-41-86(114-2)42-22-72)81-35-57-97-101(63-81)121-102-64-82(107(73-23-43-87(115-3)44-24-73)74-25-45-88(116-4)46-26-74)36-58-98(102)110(97)79-15-9-67(10-16-79)69-13-55-93-94-56-14-70(62-96(94)105(112)95(93)61-69)68-11-17-80(18-12-68)111-99-59-37-83(108(75-27-47-89(117-5)48-28-75)76-29-49-90(118-6)50-30-76)65-103(99)122-104-66-84(38-60-100(104)111)109(77-31-51-91(119-7)52-32-77)78-33-53-92(120-8)54-34-78/h9-66H,1-8H3. The summed E-state index contributed by atoms with van der Waals surface area (Å²) < 4.78 is 45.1. The molecule has 0 atom stereocenters. The number of rotatable bonds is 24. The van der Waals surface area contributed by atoms with E-state index in [4.69, 9.17) is 37.9 Å². The van der Waals surface area contributed by atoms with Crippen molar-refractivity contribution < 1.29 is 42.7 Å². The van der Waals surface area contributed by atoms with Crippen LogP contribution in [0.1, 0.15) is 15.9 Å². The number of anilines is 18. The molecule has 16 aromatic carbocycles. The number of hydrogen-bond donors (Lipinski definition) is 0. The molecule has 1 aliphatic carbocycles. The summed E-state index contributed by atoms with van der Waals surface area (Å²) in [4.78, 5) is 33.0. The molecule has 2 heterocycles. The zero-order chi connectivity index (χ0) is 83.1. The zero-order valence-corrected chi connectivity index (χ0v) is 69.8. The predicted octanol–water partition coefficient (Wildman–Crippen LogP) is 28.0. The monoisotopic (exact) mass is 1630 g/mol. The van der Waals surface area contributed by atoms with Crippen LogP contribution in [-0.4, -0.2) is 62.7 Å². The fourth-order valence-corrected chi connectivity index (χ4v) is 18.6. The number of carbonyl (C=O) groups is 1. The first kappa shape index (κ1) is 77.0. The van der Waals surface area contributed by atoms with Gasteiger partial charge in [-0.2, -0.15) is 0 Å².